The molecule has 0 aromatic carbocycles. The number of carbonyl (C=O) groups is 1. The molecule has 0 radical (unpaired) electrons. The summed E-state index contributed by atoms with van der Waals surface area (Å²) in [6.07, 6.45) is 1.99. The third-order valence-corrected chi connectivity index (χ3v) is 1.54. The molecule has 0 aliphatic rings. The fourth-order valence-electron chi connectivity index (χ4n) is 0.866. The van der Waals surface area contributed by atoms with Gasteiger partial charge in [-0.1, -0.05) is 0 Å². The van der Waals surface area contributed by atoms with Gasteiger partial charge in [0.05, 0.1) is 5.69 Å². The van der Waals surface area contributed by atoms with Crippen molar-refractivity contribution in [3.8, 4) is 6.07 Å². The van der Waals surface area contributed by atoms with Crippen molar-refractivity contribution >= 4 is 12.1 Å². The Balaban J connectivity index is 3.41. The average Bonchev–Trinajstić information content (AvgIpc) is 2.28. The number of anilines is 1. The number of aromatic nitrogens is 1. The monoisotopic (exact) mass is 149 g/mol. The maximum atomic E-state index is 10.3. The van der Waals surface area contributed by atoms with Crippen LogP contribution in [0, 0.1) is 18.3 Å². The lowest BCUT2D eigenvalue weighted by Gasteiger charge is -1.89. The normalized spacial score (nSPS) is 9.09. The standard InChI is InChI=1S/C7H7N3O/c1-5-6(9)3-10(4-11)7(5)2-8/h3-4H,9H2,1H3. The van der Waals surface area contributed by atoms with Gasteiger partial charge in [0.15, 0.2) is 0 Å². The lowest BCUT2D eigenvalue weighted by molar-refractivity contribution is 0.547. The van der Waals surface area contributed by atoms with Crippen molar-refractivity contribution in [2.24, 2.45) is 0 Å². The quantitative estimate of drug-likeness (QED) is 0.583. The highest BCUT2D eigenvalue weighted by molar-refractivity contribution is 5.64. The first-order chi connectivity index (χ1) is 5.20. The molecule has 1 aromatic heterocycles. The molecule has 0 spiro atoms. The molecule has 0 aliphatic heterocycles. The van der Waals surface area contributed by atoms with Crippen LogP contribution in [0.3, 0.4) is 0 Å². The van der Waals surface area contributed by atoms with Crippen molar-refractivity contribution < 1.29 is 4.79 Å². The second-order valence-corrected chi connectivity index (χ2v) is 2.18. The zero-order valence-electron chi connectivity index (χ0n) is 6.03. The van der Waals surface area contributed by atoms with E-state index in [1.54, 1.807) is 6.92 Å². The highest BCUT2D eigenvalue weighted by atomic mass is 16.1. The fourth-order valence-corrected chi connectivity index (χ4v) is 0.866. The number of rotatable bonds is 1. The van der Waals surface area contributed by atoms with E-state index >= 15 is 0 Å². The Hall–Kier alpha value is -1.76. The number of hydrogen-bond donors (Lipinski definition) is 1. The predicted molar refractivity (Wildman–Crippen MR) is 40.4 cm³/mol. The summed E-state index contributed by atoms with van der Waals surface area (Å²) >= 11 is 0. The smallest absolute Gasteiger partial charge is 0.218 e. The van der Waals surface area contributed by atoms with Crippen LogP contribution in [-0.4, -0.2) is 11.0 Å². The summed E-state index contributed by atoms with van der Waals surface area (Å²) in [5.41, 5.74) is 6.88. The van der Waals surface area contributed by atoms with Gasteiger partial charge in [-0.3, -0.25) is 9.36 Å². The molecule has 0 atom stereocenters. The first-order valence-corrected chi connectivity index (χ1v) is 3.03. The Labute approximate surface area is 63.8 Å². The van der Waals surface area contributed by atoms with E-state index in [1.807, 2.05) is 6.07 Å². The molecule has 0 amide bonds. The average molecular weight is 149 g/mol. The molecule has 0 saturated heterocycles. The fraction of sp³-hybridized carbons (Fsp3) is 0.143. The van der Waals surface area contributed by atoms with Gasteiger partial charge in [0.1, 0.15) is 11.8 Å². The van der Waals surface area contributed by atoms with Crippen LogP contribution in [0.25, 0.3) is 0 Å². The molecule has 0 bridgehead atoms. The van der Waals surface area contributed by atoms with E-state index in [2.05, 4.69) is 0 Å². The minimum atomic E-state index is 0.303. The van der Waals surface area contributed by atoms with Crippen molar-refractivity contribution in [1.29, 1.82) is 5.26 Å². The van der Waals surface area contributed by atoms with Crippen molar-refractivity contribution in [3.05, 3.63) is 17.5 Å². The van der Waals surface area contributed by atoms with E-state index in [0.717, 1.165) is 0 Å². The van der Waals surface area contributed by atoms with E-state index < -0.39 is 0 Å². The highest BCUT2D eigenvalue weighted by Gasteiger charge is 2.07. The van der Waals surface area contributed by atoms with Crippen LogP contribution in [-0.2, 0) is 4.79 Å². The molecule has 4 heteroatoms. The van der Waals surface area contributed by atoms with Gasteiger partial charge in [0.25, 0.3) is 0 Å². The minimum absolute atomic E-state index is 0.303. The number of carbonyl (C=O) groups excluding carboxylic acids is 1. The van der Waals surface area contributed by atoms with Gasteiger partial charge < -0.3 is 5.73 Å². The third kappa shape index (κ3) is 0.964. The predicted octanol–water partition coefficient (Wildman–Crippen LogP) is 0.289. The lowest BCUT2D eigenvalue weighted by atomic mass is 10.2. The maximum absolute atomic E-state index is 10.3. The molecular formula is C7H7N3O. The molecule has 0 saturated carbocycles. The summed E-state index contributed by atoms with van der Waals surface area (Å²) < 4.78 is 1.17. The van der Waals surface area contributed by atoms with Gasteiger partial charge >= 0.3 is 0 Å². The highest BCUT2D eigenvalue weighted by Crippen LogP contribution is 2.15. The molecule has 1 rings (SSSR count). The maximum Gasteiger partial charge on any atom is 0.218 e. The summed E-state index contributed by atoms with van der Waals surface area (Å²) in [5, 5.41) is 8.56. The number of nitrogens with two attached hydrogens (primary N) is 1. The van der Waals surface area contributed by atoms with Gasteiger partial charge in [-0.05, 0) is 6.92 Å². The Kier molecular flexibility index (Phi) is 1.65. The van der Waals surface area contributed by atoms with Gasteiger partial charge in [0.2, 0.25) is 6.41 Å². The first kappa shape index (κ1) is 7.35. The van der Waals surface area contributed by atoms with Crippen LogP contribution in [0.15, 0.2) is 6.20 Å². The van der Waals surface area contributed by atoms with Crippen molar-refractivity contribution in [1.82, 2.24) is 4.57 Å². The number of nitrogen functional groups attached to an aromatic ring is 1. The molecule has 56 valence electrons. The largest absolute Gasteiger partial charge is 0.397 e. The SMILES string of the molecule is Cc1c(N)cn(C=O)c1C#N. The van der Waals surface area contributed by atoms with E-state index in [0.29, 0.717) is 23.4 Å². The molecule has 0 aliphatic carbocycles. The van der Waals surface area contributed by atoms with Gasteiger partial charge in [-0.25, -0.2) is 0 Å². The van der Waals surface area contributed by atoms with Gasteiger partial charge in [-0.15, -0.1) is 0 Å². The van der Waals surface area contributed by atoms with Gasteiger partial charge in [-0.2, -0.15) is 5.26 Å². The lowest BCUT2D eigenvalue weighted by Crippen LogP contribution is -1.95. The molecule has 0 unspecified atom stereocenters. The Bertz CT molecular complexity index is 332. The molecule has 0 fully saturated rings. The van der Waals surface area contributed by atoms with Gasteiger partial charge in [0, 0.05) is 11.8 Å². The van der Waals surface area contributed by atoms with Crippen molar-refractivity contribution in [3.63, 3.8) is 0 Å². The van der Waals surface area contributed by atoms with Crippen LogP contribution < -0.4 is 5.73 Å². The second-order valence-electron chi connectivity index (χ2n) is 2.18. The van der Waals surface area contributed by atoms with Crippen molar-refractivity contribution in [2.75, 3.05) is 5.73 Å². The minimum Gasteiger partial charge on any atom is -0.397 e. The molecule has 1 heterocycles. The Morgan fingerprint density at radius 1 is 1.82 bits per heavy atom. The van der Waals surface area contributed by atoms with E-state index in [-0.39, 0.29) is 0 Å². The van der Waals surface area contributed by atoms with Crippen LogP contribution in [0.4, 0.5) is 5.69 Å². The summed E-state index contributed by atoms with van der Waals surface area (Å²) in [7, 11) is 0. The summed E-state index contributed by atoms with van der Waals surface area (Å²) in [6, 6.07) is 1.89. The summed E-state index contributed by atoms with van der Waals surface area (Å²) in [5.74, 6) is 0. The van der Waals surface area contributed by atoms with Crippen LogP contribution in [0.1, 0.15) is 11.3 Å². The molecule has 4 nitrogen and oxygen atoms in total. The van der Waals surface area contributed by atoms with Crippen LogP contribution in [0.2, 0.25) is 0 Å². The molecular weight excluding hydrogens is 142 g/mol. The van der Waals surface area contributed by atoms with Crippen LogP contribution >= 0.6 is 0 Å². The van der Waals surface area contributed by atoms with E-state index in [1.165, 1.54) is 10.8 Å². The summed E-state index contributed by atoms with van der Waals surface area (Å²) in [6.45, 7) is 1.70. The second kappa shape index (κ2) is 2.46. The third-order valence-electron chi connectivity index (χ3n) is 1.54. The number of nitriles is 1. The zero-order valence-corrected chi connectivity index (χ0v) is 6.03. The molecule has 11 heavy (non-hydrogen) atoms. The van der Waals surface area contributed by atoms with E-state index in [9.17, 15) is 4.79 Å². The van der Waals surface area contributed by atoms with E-state index in [4.69, 9.17) is 11.0 Å². The number of nitrogens with zero attached hydrogens (tertiary/aromatic N) is 2. The summed E-state index contributed by atoms with van der Waals surface area (Å²) in [4.78, 5) is 10.3. The zero-order chi connectivity index (χ0) is 8.43. The number of hydrogen-bond acceptors (Lipinski definition) is 3. The molecule has 1 aromatic rings. The first-order valence-electron chi connectivity index (χ1n) is 3.03. The van der Waals surface area contributed by atoms with Crippen molar-refractivity contribution in [2.45, 2.75) is 6.92 Å². The van der Waals surface area contributed by atoms with Crippen LogP contribution in [0.5, 0.6) is 0 Å². The topological polar surface area (TPSA) is 71.8 Å². The molecule has 2 N–H and O–H groups in total. The Morgan fingerprint density at radius 3 is 2.82 bits per heavy atom. The Morgan fingerprint density at radius 2 is 2.45 bits per heavy atom.